The van der Waals surface area contributed by atoms with Gasteiger partial charge in [0.2, 0.25) is 0 Å². The van der Waals surface area contributed by atoms with Crippen LogP contribution in [0.25, 0.3) is 0 Å². The van der Waals surface area contributed by atoms with E-state index in [4.69, 9.17) is 0 Å². The first kappa shape index (κ1) is 15.7. The van der Waals surface area contributed by atoms with Crippen molar-refractivity contribution < 1.29 is 0 Å². The summed E-state index contributed by atoms with van der Waals surface area (Å²) < 4.78 is 0. The normalized spacial score (nSPS) is 7.38. The van der Waals surface area contributed by atoms with Crippen LogP contribution in [0.2, 0.25) is 0 Å². The van der Waals surface area contributed by atoms with Gasteiger partial charge in [-0.25, -0.2) is 0 Å². The molecule has 0 aromatic heterocycles. The maximum absolute atomic E-state index is 2.00. The molecular weight excluding hydrogens is 102 g/mol. The average Bonchev–Trinajstić information content (AvgIpc) is 1.35. The van der Waals surface area contributed by atoms with Crippen LogP contribution in [0.5, 0.6) is 0 Å². The fourth-order valence-corrected chi connectivity index (χ4v) is 0.298. The van der Waals surface area contributed by atoms with Crippen LogP contribution in [0.15, 0.2) is 12.3 Å². The van der Waals surface area contributed by atoms with Gasteiger partial charge in [0.15, 0.2) is 0 Å². The Morgan fingerprint density at radius 1 is 1.12 bits per heavy atom. The molecule has 0 aliphatic carbocycles. The van der Waals surface area contributed by atoms with Crippen LogP contribution >= 0.6 is 0 Å². The van der Waals surface area contributed by atoms with E-state index in [1.807, 2.05) is 38.2 Å². The van der Waals surface area contributed by atoms with E-state index in [0.29, 0.717) is 0 Å². The van der Waals surface area contributed by atoms with Crippen LogP contribution < -0.4 is 12.3 Å². The lowest BCUT2D eigenvalue weighted by atomic mass is 10.7. The molecule has 0 saturated carbocycles. The summed E-state index contributed by atoms with van der Waals surface area (Å²) in [6, 6.07) is 0. The van der Waals surface area contributed by atoms with Crippen molar-refractivity contribution in [2.75, 3.05) is 14.1 Å². The van der Waals surface area contributed by atoms with Gasteiger partial charge in [0, 0.05) is 14.1 Å². The maximum atomic E-state index is 2.00. The molecule has 0 heterocycles. The number of rotatable bonds is 1. The molecule has 0 rings (SSSR count). The fourth-order valence-electron chi connectivity index (χ4n) is 0.298. The number of hydrogen-bond donors (Lipinski definition) is 2. The molecule has 0 unspecified atom stereocenters. The second-order valence-corrected chi connectivity index (χ2v) is 1.45. The first-order valence-corrected chi connectivity index (χ1v) is 2.06. The number of allylic oxidation sites excluding steroid dienone is 1. The third kappa shape index (κ3) is 17.9. The molecule has 8 heavy (non-hydrogen) atoms. The average molecular weight is 119 g/mol. The predicted molar refractivity (Wildman–Crippen MR) is 38.5 cm³/mol. The van der Waals surface area contributed by atoms with Gasteiger partial charge in [-0.15, -0.1) is 0 Å². The van der Waals surface area contributed by atoms with E-state index in [2.05, 4.69) is 0 Å². The van der Waals surface area contributed by atoms with Crippen LogP contribution in [-0.4, -0.2) is 19.0 Å². The van der Waals surface area contributed by atoms with Gasteiger partial charge in [0.25, 0.3) is 0 Å². The molecule has 3 nitrogen and oxygen atoms in total. The number of nitrogens with zero attached hydrogens (tertiary/aromatic N) is 1. The van der Waals surface area contributed by atoms with Crippen LogP contribution in [0.3, 0.4) is 0 Å². The van der Waals surface area contributed by atoms with Gasteiger partial charge in [-0.1, -0.05) is 6.08 Å². The van der Waals surface area contributed by atoms with Gasteiger partial charge in [-0.2, -0.15) is 0 Å². The minimum atomic E-state index is 0. The van der Waals surface area contributed by atoms with E-state index in [0.717, 1.165) is 0 Å². The molecule has 0 bridgehead atoms. The van der Waals surface area contributed by atoms with Crippen LogP contribution in [0, 0.1) is 0 Å². The van der Waals surface area contributed by atoms with Crippen molar-refractivity contribution in [1.82, 2.24) is 17.2 Å². The Balaban J connectivity index is -0.000000125. The van der Waals surface area contributed by atoms with Gasteiger partial charge in [0.1, 0.15) is 0 Å². The maximum Gasteiger partial charge on any atom is 0.00555 e. The van der Waals surface area contributed by atoms with Crippen molar-refractivity contribution in [3.63, 3.8) is 0 Å². The molecule has 0 saturated heterocycles. The summed E-state index contributed by atoms with van der Waals surface area (Å²) in [6.07, 6.45) is 4.00. The van der Waals surface area contributed by atoms with Crippen molar-refractivity contribution in [2.45, 2.75) is 6.92 Å². The predicted octanol–water partition coefficient (Wildman–Crippen LogP) is 1.41. The first-order chi connectivity index (χ1) is 2.77. The monoisotopic (exact) mass is 119 g/mol. The third-order valence-corrected chi connectivity index (χ3v) is 0.447. The highest BCUT2D eigenvalue weighted by Gasteiger charge is 1.65. The Morgan fingerprint density at radius 2 is 1.50 bits per heavy atom. The van der Waals surface area contributed by atoms with Gasteiger partial charge in [-0.3, -0.25) is 0 Å². The van der Waals surface area contributed by atoms with Gasteiger partial charge in [-0.05, 0) is 13.1 Å². The molecule has 0 aromatic carbocycles. The molecule has 0 spiro atoms. The molecule has 0 aliphatic heterocycles. The fraction of sp³-hybridized carbons (Fsp3) is 0.600. The topological polar surface area (TPSA) is 73.2 Å². The van der Waals surface area contributed by atoms with E-state index in [9.17, 15) is 0 Å². The lowest BCUT2D eigenvalue weighted by Gasteiger charge is -1.99. The highest BCUT2D eigenvalue weighted by atomic mass is 15.0. The highest BCUT2D eigenvalue weighted by Crippen LogP contribution is 1.71. The van der Waals surface area contributed by atoms with Gasteiger partial charge >= 0.3 is 0 Å². The van der Waals surface area contributed by atoms with Crippen molar-refractivity contribution >= 4 is 0 Å². The van der Waals surface area contributed by atoms with E-state index >= 15 is 0 Å². The largest absolute Gasteiger partial charge is 0.384 e. The molecule has 52 valence electrons. The summed E-state index contributed by atoms with van der Waals surface area (Å²) in [7, 11) is 4.00. The standard InChI is InChI=1S/C5H11N.2H3N/c1-4-5-6(2)3;;/h4-5H,1-3H3;2*1H3/b5-4+;;. The van der Waals surface area contributed by atoms with E-state index < -0.39 is 0 Å². The van der Waals surface area contributed by atoms with Crippen molar-refractivity contribution in [2.24, 2.45) is 0 Å². The van der Waals surface area contributed by atoms with Crippen LogP contribution in [-0.2, 0) is 0 Å². The molecule has 6 N–H and O–H groups in total. The van der Waals surface area contributed by atoms with Crippen molar-refractivity contribution in [1.29, 1.82) is 0 Å². The Morgan fingerprint density at radius 3 is 1.50 bits per heavy atom. The minimum absolute atomic E-state index is 0. The molecule has 0 amide bonds. The van der Waals surface area contributed by atoms with Crippen LogP contribution in [0.1, 0.15) is 6.92 Å². The lowest BCUT2D eigenvalue weighted by molar-refractivity contribution is 0.563. The van der Waals surface area contributed by atoms with E-state index in [1.165, 1.54) is 0 Å². The van der Waals surface area contributed by atoms with Crippen molar-refractivity contribution in [3.05, 3.63) is 12.3 Å². The summed E-state index contributed by atoms with van der Waals surface area (Å²) in [4.78, 5) is 2.00. The molecule has 0 atom stereocenters. The SMILES string of the molecule is C/C=C/N(C)C.N.N. The smallest absolute Gasteiger partial charge is 0.00555 e. The lowest BCUT2D eigenvalue weighted by Crippen LogP contribution is -1.98. The molecule has 3 heteroatoms. The minimum Gasteiger partial charge on any atom is -0.384 e. The third-order valence-electron chi connectivity index (χ3n) is 0.447. The number of hydrogen-bond acceptors (Lipinski definition) is 3. The van der Waals surface area contributed by atoms with Crippen molar-refractivity contribution in [3.8, 4) is 0 Å². The second kappa shape index (κ2) is 9.68. The molecule has 0 fully saturated rings. The summed E-state index contributed by atoms with van der Waals surface area (Å²) in [5.74, 6) is 0. The van der Waals surface area contributed by atoms with Gasteiger partial charge < -0.3 is 17.2 Å². The zero-order chi connectivity index (χ0) is 4.99. The first-order valence-electron chi connectivity index (χ1n) is 2.06. The highest BCUT2D eigenvalue weighted by molar-refractivity contribution is 4.72. The summed E-state index contributed by atoms with van der Waals surface area (Å²) in [6.45, 7) is 2.00. The van der Waals surface area contributed by atoms with Gasteiger partial charge in [0.05, 0.1) is 0 Å². The Hall–Kier alpha value is -0.540. The molecule has 0 aromatic rings. The zero-order valence-corrected chi connectivity index (χ0v) is 6.02. The van der Waals surface area contributed by atoms with E-state index in [-0.39, 0.29) is 12.3 Å². The zero-order valence-electron chi connectivity index (χ0n) is 6.02. The Kier molecular flexibility index (Phi) is 18.9. The second-order valence-electron chi connectivity index (χ2n) is 1.45. The quantitative estimate of drug-likeness (QED) is 0.548. The molecular formula is C5H17N3. The molecule has 0 radical (unpaired) electrons. The Labute approximate surface area is 51.5 Å². The molecule has 0 aliphatic rings. The van der Waals surface area contributed by atoms with Crippen LogP contribution in [0.4, 0.5) is 0 Å². The Bertz CT molecular complexity index is 49.6. The van der Waals surface area contributed by atoms with E-state index in [1.54, 1.807) is 0 Å². The summed E-state index contributed by atoms with van der Waals surface area (Å²) in [5.41, 5.74) is 0. The summed E-state index contributed by atoms with van der Waals surface area (Å²) in [5, 5.41) is 0. The summed E-state index contributed by atoms with van der Waals surface area (Å²) >= 11 is 0.